The number of amides is 2. The average molecular weight is 331 g/mol. The molecule has 0 bridgehead atoms. The highest BCUT2D eigenvalue weighted by molar-refractivity contribution is 5.73. The zero-order chi connectivity index (χ0) is 16.8. The molecule has 1 saturated carbocycles. The first-order valence-electron chi connectivity index (χ1n) is 9.13. The Morgan fingerprint density at radius 1 is 1.25 bits per heavy atom. The Morgan fingerprint density at radius 3 is 2.75 bits per heavy atom. The van der Waals surface area contributed by atoms with Crippen molar-refractivity contribution in [1.29, 1.82) is 0 Å². The summed E-state index contributed by atoms with van der Waals surface area (Å²) in [6.45, 7) is 4.33. The SMILES string of the molecule is O=C(NC[C@@H]1CCN(CCc2ccccc2)C1)NCC1(O)CCC1. The molecule has 2 amide bonds. The van der Waals surface area contributed by atoms with E-state index < -0.39 is 5.60 Å². The van der Waals surface area contributed by atoms with Gasteiger partial charge in [0.05, 0.1) is 5.60 Å². The molecule has 132 valence electrons. The third-order valence-electron chi connectivity index (χ3n) is 5.34. The minimum atomic E-state index is -0.654. The summed E-state index contributed by atoms with van der Waals surface area (Å²) >= 11 is 0. The smallest absolute Gasteiger partial charge is 0.314 e. The number of carbonyl (C=O) groups excluding carboxylic acids is 1. The number of nitrogens with zero attached hydrogens (tertiary/aromatic N) is 1. The molecule has 3 N–H and O–H groups in total. The molecule has 0 unspecified atom stereocenters. The summed E-state index contributed by atoms with van der Waals surface area (Å²) < 4.78 is 0. The van der Waals surface area contributed by atoms with Crippen LogP contribution in [-0.4, -0.2) is 54.4 Å². The number of aliphatic hydroxyl groups is 1. The lowest BCUT2D eigenvalue weighted by Crippen LogP contribution is -2.50. The van der Waals surface area contributed by atoms with Gasteiger partial charge in [-0.25, -0.2) is 4.79 Å². The van der Waals surface area contributed by atoms with Gasteiger partial charge >= 0.3 is 6.03 Å². The second-order valence-electron chi connectivity index (χ2n) is 7.33. The highest BCUT2D eigenvalue weighted by atomic mass is 16.3. The second-order valence-corrected chi connectivity index (χ2v) is 7.33. The lowest BCUT2D eigenvalue weighted by Gasteiger charge is -2.36. The van der Waals surface area contributed by atoms with Crippen molar-refractivity contribution in [2.24, 2.45) is 5.92 Å². The molecule has 2 aliphatic rings. The quantitative estimate of drug-likeness (QED) is 0.713. The summed E-state index contributed by atoms with van der Waals surface area (Å²) in [6.07, 6.45) is 4.87. The van der Waals surface area contributed by atoms with Crippen molar-refractivity contribution in [3.8, 4) is 0 Å². The van der Waals surface area contributed by atoms with Crippen LogP contribution in [-0.2, 0) is 6.42 Å². The maximum atomic E-state index is 11.8. The third kappa shape index (κ3) is 4.95. The summed E-state index contributed by atoms with van der Waals surface area (Å²) in [5.74, 6) is 0.526. The van der Waals surface area contributed by atoms with E-state index in [4.69, 9.17) is 0 Å². The highest BCUT2D eigenvalue weighted by Crippen LogP contribution is 2.30. The molecule has 2 fully saturated rings. The molecule has 5 nitrogen and oxygen atoms in total. The Bertz CT molecular complexity index is 531. The van der Waals surface area contributed by atoms with Gasteiger partial charge in [-0.05, 0) is 50.1 Å². The molecule has 5 heteroatoms. The fourth-order valence-electron chi connectivity index (χ4n) is 3.52. The lowest BCUT2D eigenvalue weighted by atomic mass is 9.80. The molecule has 1 aromatic carbocycles. The molecule has 1 aromatic rings. The standard InChI is InChI=1S/C19H29N3O2/c23-18(21-15-19(24)9-4-10-19)20-13-17-8-12-22(14-17)11-7-16-5-2-1-3-6-16/h1-3,5-6,17,24H,4,7-15H2,(H2,20,21,23)/t17-/m0/s1. The summed E-state index contributed by atoms with van der Waals surface area (Å²) in [4.78, 5) is 14.3. The topological polar surface area (TPSA) is 64.6 Å². The van der Waals surface area contributed by atoms with E-state index in [1.54, 1.807) is 0 Å². The number of benzene rings is 1. The normalized spacial score (nSPS) is 22.8. The van der Waals surface area contributed by atoms with E-state index >= 15 is 0 Å². The van der Waals surface area contributed by atoms with Crippen molar-refractivity contribution in [3.63, 3.8) is 0 Å². The monoisotopic (exact) mass is 331 g/mol. The second kappa shape index (κ2) is 7.99. The van der Waals surface area contributed by atoms with Gasteiger partial charge in [-0.3, -0.25) is 0 Å². The van der Waals surface area contributed by atoms with Gasteiger partial charge in [0.1, 0.15) is 0 Å². The molecular weight excluding hydrogens is 302 g/mol. The number of hydrogen-bond acceptors (Lipinski definition) is 3. The highest BCUT2D eigenvalue weighted by Gasteiger charge is 2.34. The first-order valence-corrected chi connectivity index (χ1v) is 9.13. The predicted octanol–water partition coefficient (Wildman–Crippen LogP) is 1.77. The van der Waals surface area contributed by atoms with Gasteiger partial charge in [0.25, 0.3) is 0 Å². The van der Waals surface area contributed by atoms with Gasteiger partial charge in [0.2, 0.25) is 0 Å². The van der Waals surface area contributed by atoms with Crippen LogP contribution in [0.25, 0.3) is 0 Å². The van der Waals surface area contributed by atoms with E-state index in [2.05, 4.69) is 45.9 Å². The molecule has 1 heterocycles. The van der Waals surface area contributed by atoms with Crippen LogP contribution in [0.15, 0.2) is 30.3 Å². The Balaban J connectivity index is 1.29. The largest absolute Gasteiger partial charge is 0.388 e. The maximum absolute atomic E-state index is 11.8. The Hall–Kier alpha value is -1.59. The van der Waals surface area contributed by atoms with E-state index in [0.717, 1.165) is 51.7 Å². The van der Waals surface area contributed by atoms with Crippen molar-refractivity contribution >= 4 is 6.03 Å². The van der Waals surface area contributed by atoms with Gasteiger partial charge in [0.15, 0.2) is 0 Å². The minimum Gasteiger partial charge on any atom is -0.388 e. The molecule has 1 saturated heterocycles. The molecular formula is C19H29N3O2. The number of rotatable bonds is 7. The summed E-state index contributed by atoms with van der Waals surface area (Å²) in [5, 5.41) is 15.7. The van der Waals surface area contributed by atoms with Gasteiger partial charge in [-0.2, -0.15) is 0 Å². The zero-order valence-corrected chi connectivity index (χ0v) is 14.3. The van der Waals surface area contributed by atoms with Crippen LogP contribution in [0.1, 0.15) is 31.2 Å². The van der Waals surface area contributed by atoms with E-state index in [0.29, 0.717) is 19.0 Å². The van der Waals surface area contributed by atoms with Crippen LogP contribution in [0, 0.1) is 5.92 Å². The molecule has 24 heavy (non-hydrogen) atoms. The van der Waals surface area contributed by atoms with Crippen LogP contribution < -0.4 is 10.6 Å². The van der Waals surface area contributed by atoms with Crippen molar-refractivity contribution in [2.45, 2.75) is 37.7 Å². The summed E-state index contributed by atoms with van der Waals surface area (Å²) in [6, 6.07) is 10.4. The molecule has 1 aliphatic heterocycles. The molecule has 0 aromatic heterocycles. The number of nitrogens with one attached hydrogen (secondary N) is 2. The van der Waals surface area contributed by atoms with E-state index in [-0.39, 0.29) is 6.03 Å². The maximum Gasteiger partial charge on any atom is 0.314 e. The fourth-order valence-corrected chi connectivity index (χ4v) is 3.52. The summed E-state index contributed by atoms with van der Waals surface area (Å²) in [5.41, 5.74) is 0.728. The van der Waals surface area contributed by atoms with Gasteiger partial charge in [-0.15, -0.1) is 0 Å². The van der Waals surface area contributed by atoms with Crippen molar-refractivity contribution in [3.05, 3.63) is 35.9 Å². The van der Waals surface area contributed by atoms with Crippen LogP contribution >= 0.6 is 0 Å². The van der Waals surface area contributed by atoms with E-state index in [9.17, 15) is 9.90 Å². The third-order valence-corrected chi connectivity index (χ3v) is 5.34. The fraction of sp³-hybridized carbons (Fsp3) is 0.632. The first kappa shape index (κ1) is 17.2. The minimum absolute atomic E-state index is 0.155. The van der Waals surface area contributed by atoms with Crippen LogP contribution in [0.2, 0.25) is 0 Å². The van der Waals surface area contributed by atoms with E-state index in [1.807, 2.05) is 0 Å². The Morgan fingerprint density at radius 2 is 2.04 bits per heavy atom. The van der Waals surface area contributed by atoms with Crippen LogP contribution in [0.3, 0.4) is 0 Å². The van der Waals surface area contributed by atoms with Crippen molar-refractivity contribution in [2.75, 3.05) is 32.7 Å². The Labute approximate surface area is 144 Å². The number of urea groups is 1. The van der Waals surface area contributed by atoms with E-state index in [1.165, 1.54) is 5.56 Å². The summed E-state index contributed by atoms with van der Waals surface area (Å²) in [7, 11) is 0. The van der Waals surface area contributed by atoms with Crippen molar-refractivity contribution < 1.29 is 9.90 Å². The van der Waals surface area contributed by atoms with Gasteiger partial charge in [0, 0.05) is 26.2 Å². The number of carbonyl (C=O) groups is 1. The number of likely N-dealkylation sites (tertiary alicyclic amines) is 1. The average Bonchev–Trinajstić information content (AvgIpc) is 3.03. The zero-order valence-electron chi connectivity index (χ0n) is 14.3. The van der Waals surface area contributed by atoms with Gasteiger partial charge in [-0.1, -0.05) is 30.3 Å². The molecule has 1 atom stereocenters. The first-order chi connectivity index (χ1) is 11.6. The predicted molar refractivity (Wildman–Crippen MR) is 94.9 cm³/mol. The van der Waals surface area contributed by atoms with Crippen molar-refractivity contribution in [1.82, 2.24) is 15.5 Å². The molecule has 0 spiro atoms. The Kier molecular flexibility index (Phi) is 5.74. The molecule has 0 radical (unpaired) electrons. The number of hydrogen-bond donors (Lipinski definition) is 3. The van der Waals surface area contributed by atoms with Crippen LogP contribution in [0.5, 0.6) is 0 Å². The lowest BCUT2D eigenvalue weighted by molar-refractivity contribution is -0.0290. The molecule has 1 aliphatic carbocycles. The van der Waals surface area contributed by atoms with Crippen LogP contribution in [0.4, 0.5) is 4.79 Å². The van der Waals surface area contributed by atoms with Gasteiger partial charge < -0.3 is 20.6 Å². The molecule has 3 rings (SSSR count).